The highest BCUT2D eigenvalue weighted by Gasteiger charge is 2.01. The van der Waals surface area contributed by atoms with Gasteiger partial charge < -0.3 is 5.32 Å². The van der Waals surface area contributed by atoms with Crippen molar-refractivity contribution >= 4 is 10.9 Å². The first-order chi connectivity index (χ1) is 3.39. The van der Waals surface area contributed by atoms with Crippen LogP contribution < -0.4 is 5.32 Å². The summed E-state index contributed by atoms with van der Waals surface area (Å²) in [7, 11) is 0.196. The fraction of sp³-hybridized carbons (Fsp3) is 0.800. The summed E-state index contributed by atoms with van der Waals surface area (Å²) in [6.07, 6.45) is 4.02. The van der Waals surface area contributed by atoms with Crippen LogP contribution in [0.1, 0.15) is 0 Å². The van der Waals surface area contributed by atoms with Gasteiger partial charge in [-0.1, -0.05) is 0 Å². The monoisotopic (exact) mass is 118 g/mol. The van der Waals surface area contributed by atoms with Gasteiger partial charge >= 0.3 is 0 Å². The molecule has 1 rings (SSSR count). The van der Waals surface area contributed by atoms with Crippen LogP contribution >= 0.6 is 10.9 Å². The van der Waals surface area contributed by atoms with E-state index < -0.39 is 0 Å². The highest BCUT2D eigenvalue weighted by molar-refractivity contribution is 8.18. The second kappa shape index (κ2) is 2.58. The highest BCUT2D eigenvalue weighted by Crippen LogP contribution is 2.21. The molecule has 7 heavy (non-hydrogen) atoms. The van der Waals surface area contributed by atoms with Gasteiger partial charge in [0.25, 0.3) is 0 Å². The lowest BCUT2D eigenvalue weighted by Gasteiger charge is -2.21. The molecule has 1 saturated heterocycles. The molecule has 1 aliphatic heterocycles. The zero-order valence-electron chi connectivity index (χ0n) is 4.48. The lowest BCUT2D eigenvalue weighted by atomic mass is 10.6. The second-order valence-electron chi connectivity index (χ2n) is 1.87. The van der Waals surface area contributed by atoms with Crippen LogP contribution in [-0.2, 0) is 0 Å². The molecular weight excluding hydrogens is 106 g/mol. The van der Waals surface area contributed by atoms with Gasteiger partial charge in [-0.2, -0.15) is 0 Å². The summed E-state index contributed by atoms with van der Waals surface area (Å²) in [6, 6.07) is 0. The maximum atomic E-state index is 4.02. The van der Waals surface area contributed by atoms with Crippen molar-refractivity contribution in [3.8, 4) is 0 Å². The summed E-state index contributed by atoms with van der Waals surface area (Å²) < 4.78 is 0. The van der Waals surface area contributed by atoms with Gasteiger partial charge in [-0.25, -0.2) is 0 Å². The molecule has 0 amide bonds. The SMILES string of the molecule is [CH2][SH]1CCNCC1. The molecular formula is C5H12NS. The molecule has 1 heterocycles. The number of hydrogen-bond donors (Lipinski definition) is 2. The van der Waals surface area contributed by atoms with E-state index in [0.717, 1.165) is 0 Å². The predicted octanol–water partition coefficient (Wildman–Crippen LogP) is 0.382. The Balaban J connectivity index is 2.12. The molecule has 0 unspecified atom stereocenters. The minimum atomic E-state index is 0.196. The van der Waals surface area contributed by atoms with E-state index in [-0.39, 0.29) is 10.9 Å². The second-order valence-corrected chi connectivity index (χ2v) is 4.10. The molecule has 0 aliphatic carbocycles. The molecule has 0 aromatic rings. The fourth-order valence-electron chi connectivity index (χ4n) is 0.711. The lowest BCUT2D eigenvalue weighted by molar-refractivity contribution is 0.754. The average molecular weight is 118 g/mol. The van der Waals surface area contributed by atoms with E-state index in [4.69, 9.17) is 0 Å². The zero-order valence-corrected chi connectivity index (χ0v) is 5.38. The van der Waals surface area contributed by atoms with E-state index >= 15 is 0 Å². The maximum absolute atomic E-state index is 4.02. The first-order valence-electron chi connectivity index (χ1n) is 2.66. The fourth-order valence-corrected chi connectivity index (χ4v) is 1.88. The van der Waals surface area contributed by atoms with Crippen molar-refractivity contribution < 1.29 is 0 Å². The number of nitrogens with one attached hydrogen (secondary N) is 1. The minimum Gasteiger partial charge on any atom is -0.315 e. The summed E-state index contributed by atoms with van der Waals surface area (Å²) in [4.78, 5) is 0. The van der Waals surface area contributed by atoms with Gasteiger partial charge in [0.1, 0.15) is 0 Å². The van der Waals surface area contributed by atoms with E-state index in [0.29, 0.717) is 0 Å². The molecule has 1 nitrogen and oxygen atoms in total. The Labute approximate surface area is 47.8 Å². The van der Waals surface area contributed by atoms with Crippen LogP contribution in [0, 0.1) is 6.26 Å². The third-order valence-corrected chi connectivity index (χ3v) is 2.92. The van der Waals surface area contributed by atoms with Gasteiger partial charge in [-0.15, -0.1) is 0 Å². The Hall–Kier alpha value is 0.310. The molecule has 1 fully saturated rings. The Bertz CT molecular complexity index is 50.0. The third kappa shape index (κ3) is 1.70. The van der Waals surface area contributed by atoms with E-state index in [9.17, 15) is 0 Å². The van der Waals surface area contributed by atoms with Gasteiger partial charge in [0.2, 0.25) is 0 Å². The lowest BCUT2D eigenvalue weighted by Crippen LogP contribution is -2.27. The van der Waals surface area contributed by atoms with Crippen LogP contribution in [0.2, 0.25) is 0 Å². The molecule has 0 aromatic carbocycles. The van der Waals surface area contributed by atoms with Crippen LogP contribution in [0.25, 0.3) is 0 Å². The zero-order chi connectivity index (χ0) is 5.11. The van der Waals surface area contributed by atoms with E-state index in [1.165, 1.54) is 24.6 Å². The third-order valence-electron chi connectivity index (χ3n) is 1.21. The van der Waals surface area contributed by atoms with Crippen molar-refractivity contribution in [3.05, 3.63) is 6.26 Å². The number of rotatable bonds is 0. The molecule has 2 heteroatoms. The smallest absolute Gasteiger partial charge is 0.00257 e. The van der Waals surface area contributed by atoms with Gasteiger partial charge in [-0.05, 0) is 17.8 Å². The normalized spacial score (nSPS) is 27.9. The molecule has 43 valence electrons. The Morgan fingerprint density at radius 2 is 1.86 bits per heavy atom. The number of thiol groups is 1. The summed E-state index contributed by atoms with van der Waals surface area (Å²) >= 11 is 0. The van der Waals surface area contributed by atoms with E-state index in [2.05, 4.69) is 11.6 Å². The van der Waals surface area contributed by atoms with Crippen LogP contribution in [0.3, 0.4) is 0 Å². The molecule has 1 N–H and O–H groups in total. The summed E-state index contributed by atoms with van der Waals surface area (Å²) in [5, 5.41) is 3.29. The summed E-state index contributed by atoms with van der Waals surface area (Å²) in [5.74, 6) is 2.66. The van der Waals surface area contributed by atoms with Gasteiger partial charge in [0, 0.05) is 13.1 Å². The topological polar surface area (TPSA) is 12.0 Å². The predicted molar refractivity (Wildman–Crippen MR) is 36.9 cm³/mol. The number of hydrogen-bond acceptors (Lipinski definition) is 1. The van der Waals surface area contributed by atoms with Crippen molar-refractivity contribution in [3.63, 3.8) is 0 Å². The quantitative estimate of drug-likeness (QED) is 0.438. The standard InChI is InChI=1S/C5H12NS/c1-7-4-2-6-3-5-7/h6-7H,1-5H2. The first kappa shape index (κ1) is 5.45. The van der Waals surface area contributed by atoms with Crippen LogP contribution in [0.4, 0.5) is 0 Å². The van der Waals surface area contributed by atoms with Crippen molar-refractivity contribution in [1.82, 2.24) is 5.32 Å². The van der Waals surface area contributed by atoms with E-state index in [1.807, 2.05) is 0 Å². The van der Waals surface area contributed by atoms with Crippen molar-refractivity contribution in [2.75, 3.05) is 24.6 Å². The summed E-state index contributed by atoms with van der Waals surface area (Å²) in [5.41, 5.74) is 0. The van der Waals surface area contributed by atoms with Gasteiger partial charge in [-0.3, -0.25) is 10.9 Å². The molecule has 1 aliphatic rings. The van der Waals surface area contributed by atoms with Crippen LogP contribution in [0.15, 0.2) is 0 Å². The highest BCUT2D eigenvalue weighted by atomic mass is 32.2. The van der Waals surface area contributed by atoms with Crippen LogP contribution in [0.5, 0.6) is 0 Å². The van der Waals surface area contributed by atoms with Crippen LogP contribution in [-0.4, -0.2) is 24.6 Å². The van der Waals surface area contributed by atoms with Gasteiger partial charge in [0.05, 0.1) is 0 Å². The first-order valence-corrected chi connectivity index (χ1v) is 4.55. The van der Waals surface area contributed by atoms with Crippen molar-refractivity contribution in [2.45, 2.75) is 0 Å². The minimum absolute atomic E-state index is 0.196. The van der Waals surface area contributed by atoms with Crippen molar-refractivity contribution in [2.24, 2.45) is 0 Å². The molecule has 0 saturated carbocycles. The molecule has 0 spiro atoms. The average Bonchev–Trinajstić information content (AvgIpc) is 1.69. The molecule has 0 bridgehead atoms. The maximum Gasteiger partial charge on any atom is 0.00257 e. The molecule has 1 radical (unpaired) electrons. The Morgan fingerprint density at radius 1 is 1.29 bits per heavy atom. The van der Waals surface area contributed by atoms with Gasteiger partial charge in [0.15, 0.2) is 0 Å². The Morgan fingerprint density at radius 3 is 2.14 bits per heavy atom. The molecule has 0 atom stereocenters. The van der Waals surface area contributed by atoms with E-state index in [1.54, 1.807) is 0 Å². The van der Waals surface area contributed by atoms with Crippen molar-refractivity contribution in [1.29, 1.82) is 0 Å². The Kier molecular flexibility index (Phi) is 2.00. The molecule has 0 aromatic heterocycles. The largest absolute Gasteiger partial charge is 0.315 e. The summed E-state index contributed by atoms with van der Waals surface area (Å²) in [6.45, 7) is 2.41.